The Morgan fingerprint density at radius 2 is 1.71 bits per heavy atom. The van der Waals surface area contributed by atoms with Crippen molar-refractivity contribution in [1.29, 1.82) is 0 Å². The zero-order valence-corrected chi connectivity index (χ0v) is 13.3. The van der Waals surface area contributed by atoms with Gasteiger partial charge < -0.3 is 10.6 Å². The molecular weight excluding hydrogens is 317 g/mol. The number of carbonyl (C=O) groups excluding carboxylic acids is 1. The van der Waals surface area contributed by atoms with Gasteiger partial charge in [-0.05, 0) is 42.3 Å². The Labute approximate surface area is 138 Å². The summed E-state index contributed by atoms with van der Waals surface area (Å²) in [6.45, 7) is 2.35. The fraction of sp³-hybridized carbons (Fsp3) is 0.278. The highest BCUT2D eigenvalue weighted by Crippen LogP contribution is 2.29. The molecule has 2 aromatic carbocycles. The highest BCUT2D eigenvalue weighted by molar-refractivity contribution is 5.91. The molecule has 128 valence electrons. The molecule has 0 unspecified atom stereocenters. The highest BCUT2D eigenvalue weighted by Gasteiger charge is 2.29. The molecule has 2 aromatic rings. The molecule has 0 aliphatic heterocycles. The lowest BCUT2D eigenvalue weighted by Gasteiger charge is -2.11. The molecule has 2 N–H and O–H groups in total. The summed E-state index contributed by atoms with van der Waals surface area (Å²) in [5, 5.41) is 5.79. The molecule has 2 rings (SSSR count). The summed E-state index contributed by atoms with van der Waals surface area (Å²) in [4.78, 5) is 12.0. The Bertz CT molecular complexity index is 681. The molecular formula is C18H19F3N2O. The molecule has 0 bridgehead atoms. The third kappa shape index (κ3) is 5.01. The molecule has 24 heavy (non-hydrogen) atoms. The number of halogens is 3. The van der Waals surface area contributed by atoms with Gasteiger partial charge in [0.25, 0.3) is 0 Å². The van der Waals surface area contributed by atoms with E-state index in [2.05, 4.69) is 10.6 Å². The maximum atomic E-state index is 12.5. The quantitative estimate of drug-likeness (QED) is 0.802. The molecule has 0 fully saturated rings. The number of para-hydroxylation sites is 1. The molecule has 0 aliphatic rings. The fourth-order valence-electron chi connectivity index (χ4n) is 2.26. The van der Waals surface area contributed by atoms with Crippen molar-refractivity contribution in [1.82, 2.24) is 0 Å². The van der Waals surface area contributed by atoms with Crippen LogP contribution in [0.1, 0.15) is 24.5 Å². The summed E-state index contributed by atoms with van der Waals surface area (Å²) in [6, 6.07) is 12.3. The molecule has 0 aromatic heterocycles. The van der Waals surface area contributed by atoms with Crippen molar-refractivity contribution in [3.8, 4) is 0 Å². The lowest BCUT2D eigenvalue weighted by Crippen LogP contribution is -2.17. The summed E-state index contributed by atoms with van der Waals surface area (Å²) in [6.07, 6.45) is -3.30. The van der Waals surface area contributed by atoms with Crippen molar-refractivity contribution in [2.45, 2.75) is 25.9 Å². The number of amides is 1. The van der Waals surface area contributed by atoms with Crippen molar-refractivity contribution < 1.29 is 18.0 Å². The second-order valence-electron chi connectivity index (χ2n) is 5.31. The first-order chi connectivity index (χ1) is 11.4. The van der Waals surface area contributed by atoms with Crippen LogP contribution in [0.5, 0.6) is 0 Å². The fourth-order valence-corrected chi connectivity index (χ4v) is 2.26. The summed E-state index contributed by atoms with van der Waals surface area (Å²) in [7, 11) is 0. The molecule has 0 radical (unpaired) electrons. The van der Waals surface area contributed by atoms with Crippen LogP contribution in [-0.2, 0) is 17.4 Å². The van der Waals surface area contributed by atoms with E-state index in [0.717, 1.165) is 29.8 Å². The summed E-state index contributed by atoms with van der Waals surface area (Å²) < 4.78 is 37.4. The molecule has 3 nitrogen and oxygen atoms in total. The number of carbonyl (C=O) groups is 1. The number of anilines is 2. The Morgan fingerprint density at radius 1 is 1.04 bits per heavy atom. The topological polar surface area (TPSA) is 41.1 Å². The van der Waals surface area contributed by atoms with Crippen molar-refractivity contribution in [3.05, 3.63) is 59.7 Å². The smallest absolute Gasteiger partial charge is 0.385 e. The lowest BCUT2D eigenvalue weighted by molar-refractivity contribution is -0.137. The van der Waals surface area contributed by atoms with Gasteiger partial charge in [-0.1, -0.05) is 25.1 Å². The number of rotatable bonds is 6. The minimum Gasteiger partial charge on any atom is -0.385 e. The Hall–Kier alpha value is -2.50. The first-order valence-corrected chi connectivity index (χ1v) is 7.69. The van der Waals surface area contributed by atoms with Crippen LogP contribution in [0.2, 0.25) is 0 Å². The molecule has 0 atom stereocenters. The van der Waals surface area contributed by atoms with Gasteiger partial charge in [0.1, 0.15) is 0 Å². The lowest BCUT2D eigenvalue weighted by atomic mass is 10.1. The monoisotopic (exact) mass is 336 g/mol. The van der Waals surface area contributed by atoms with Gasteiger partial charge in [-0.25, -0.2) is 0 Å². The molecule has 6 heteroatoms. The third-order valence-electron chi connectivity index (χ3n) is 3.57. The van der Waals surface area contributed by atoms with Gasteiger partial charge >= 0.3 is 6.18 Å². The zero-order valence-electron chi connectivity index (χ0n) is 13.3. The number of hydrogen-bond acceptors (Lipinski definition) is 2. The van der Waals surface area contributed by atoms with E-state index in [9.17, 15) is 18.0 Å². The van der Waals surface area contributed by atoms with E-state index in [1.54, 1.807) is 0 Å². The summed E-state index contributed by atoms with van der Waals surface area (Å²) >= 11 is 0. The van der Waals surface area contributed by atoms with E-state index in [1.807, 2.05) is 31.2 Å². The Balaban J connectivity index is 1.82. The normalized spacial score (nSPS) is 11.2. The first kappa shape index (κ1) is 17.8. The molecule has 1 amide bonds. The number of benzene rings is 2. The van der Waals surface area contributed by atoms with Gasteiger partial charge in [-0.15, -0.1) is 0 Å². The van der Waals surface area contributed by atoms with Crippen LogP contribution in [0.15, 0.2) is 48.5 Å². The van der Waals surface area contributed by atoms with Crippen LogP contribution >= 0.6 is 0 Å². The van der Waals surface area contributed by atoms with Gasteiger partial charge in [0.05, 0.1) is 5.56 Å². The van der Waals surface area contributed by atoms with Crippen LogP contribution in [0.4, 0.5) is 24.5 Å². The van der Waals surface area contributed by atoms with E-state index in [0.29, 0.717) is 12.2 Å². The van der Waals surface area contributed by atoms with E-state index < -0.39 is 11.7 Å². The van der Waals surface area contributed by atoms with E-state index in [-0.39, 0.29) is 12.3 Å². The van der Waals surface area contributed by atoms with Crippen LogP contribution in [0.25, 0.3) is 0 Å². The van der Waals surface area contributed by atoms with Crippen molar-refractivity contribution >= 4 is 17.3 Å². The van der Waals surface area contributed by atoms with Crippen LogP contribution in [0, 0.1) is 0 Å². The van der Waals surface area contributed by atoms with E-state index in [4.69, 9.17) is 0 Å². The maximum Gasteiger partial charge on any atom is 0.416 e. The summed E-state index contributed by atoms with van der Waals surface area (Å²) in [5.74, 6) is -0.143. The zero-order chi connectivity index (χ0) is 17.6. The van der Waals surface area contributed by atoms with Crippen molar-refractivity contribution in [2.75, 3.05) is 17.2 Å². The molecule has 0 spiro atoms. The average molecular weight is 336 g/mol. The number of alkyl halides is 3. The summed E-state index contributed by atoms with van der Waals surface area (Å²) in [5.41, 5.74) is 1.70. The second-order valence-corrected chi connectivity index (χ2v) is 5.31. The van der Waals surface area contributed by atoms with Gasteiger partial charge in [-0.2, -0.15) is 13.2 Å². The second kappa shape index (κ2) is 7.86. The van der Waals surface area contributed by atoms with Gasteiger partial charge in [0.15, 0.2) is 0 Å². The van der Waals surface area contributed by atoms with Crippen LogP contribution in [-0.4, -0.2) is 12.5 Å². The molecule has 0 saturated heterocycles. The molecule has 0 saturated carbocycles. The third-order valence-corrected chi connectivity index (χ3v) is 3.57. The van der Waals surface area contributed by atoms with Gasteiger partial charge in [-0.3, -0.25) is 4.79 Å². The predicted molar refractivity (Wildman–Crippen MR) is 89.0 cm³/mol. The molecule has 0 heterocycles. The highest BCUT2D eigenvalue weighted by atomic mass is 19.4. The van der Waals surface area contributed by atoms with Gasteiger partial charge in [0.2, 0.25) is 5.91 Å². The van der Waals surface area contributed by atoms with Crippen LogP contribution < -0.4 is 10.6 Å². The maximum absolute atomic E-state index is 12.5. The van der Waals surface area contributed by atoms with Crippen molar-refractivity contribution in [3.63, 3.8) is 0 Å². The minimum atomic E-state index is -4.34. The van der Waals surface area contributed by atoms with E-state index in [1.165, 1.54) is 12.1 Å². The van der Waals surface area contributed by atoms with E-state index >= 15 is 0 Å². The number of hydrogen-bond donors (Lipinski definition) is 2. The standard InChI is InChI=1S/C18H19F3N2O/c1-2-13-5-3-4-6-16(13)23-17(24)11-12-22-15-9-7-14(8-10-15)18(19,20)21/h3-10,22H,2,11-12H2,1H3,(H,23,24). The number of aryl methyl sites for hydroxylation is 1. The minimum absolute atomic E-state index is 0.143. The van der Waals surface area contributed by atoms with Gasteiger partial charge in [0, 0.05) is 24.3 Å². The Kier molecular flexibility index (Phi) is 5.84. The number of nitrogens with one attached hydrogen (secondary N) is 2. The van der Waals surface area contributed by atoms with Crippen LogP contribution in [0.3, 0.4) is 0 Å². The predicted octanol–water partition coefficient (Wildman–Crippen LogP) is 4.71. The average Bonchev–Trinajstić information content (AvgIpc) is 2.55. The largest absolute Gasteiger partial charge is 0.416 e. The SMILES string of the molecule is CCc1ccccc1NC(=O)CCNc1ccc(C(F)(F)F)cc1. The van der Waals surface area contributed by atoms with Crippen molar-refractivity contribution in [2.24, 2.45) is 0 Å². The Morgan fingerprint density at radius 3 is 2.33 bits per heavy atom. The molecule has 0 aliphatic carbocycles. The first-order valence-electron chi connectivity index (χ1n) is 7.69.